The van der Waals surface area contributed by atoms with Gasteiger partial charge < -0.3 is 19.6 Å². The quantitative estimate of drug-likeness (QED) is 0.578. The highest BCUT2D eigenvalue weighted by atomic mass is 28.4. The summed E-state index contributed by atoms with van der Waals surface area (Å²) in [6.45, 7) is 20.0. The van der Waals surface area contributed by atoms with Gasteiger partial charge in [0.25, 0.3) is 0 Å². The summed E-state index contributed by atoms with van der Waals surface area (Å²) < 4.78 is 11.4. The van der Waals surface area contributed by atoms with Crippen molar-refractivity contribution in [2.45, 2.75) is 71.3 Å². The Morgan fingerprint density at radius 1 is 1.23 bits per heavy atom. The van der Waals surface area contributed by atoms with Crippen LogP contribution in [0, 0.1) is 0 Å². The van der Waals surface area contributed by atoms with Gasteiger partial charge in [0.15, 0.2) is 8.32 Å². The van der Waals surface area contributed by atoms with Crippen molar-refractivity contribution in [3.63, 3.8) is 0 Å². The summed E-state index contributed by atoms with van der Waals surface area (Å²) in [6, 6.07) is -0.464. The second-order valence-electron chi connectivity index (χ2n) is 8.09. The van der Waals surface area contributed by atoms with Gasteiger partial charge in [-0.15, -0.1) is 0 Å². The van der Waals surface area contributed by atoms with E-state index in [0.29, 0.717) is 5.57 Å². The minimum absolute atomic E-state index is 0.0734. The zero-order valence-electron chi connectivity index (χ0n) is 15.4. The lowest BCUT2D eigenvalue weighted by Crippen LogP contribution is -2.48. The molecule has 0 aromatic rings. The van der Waals surface area contributed by atoms with Crippen molar-refractivity contribution < 1.29 is 19.1 Å². The second kappa shape index (κ2) is 7.61. The first-order valence-electron chi connectivity index (χ1n) is 7.61. The van der Waals surface area contributed by atoms with Gasteiger partial charge in [-0.1, -0.05) is 27.4 Å². The molecule has 0 radical (unpaired) electrons. The summed E-state index contributed by atoms with van der Waals surface area (Å²) >= 11 is 0. The minimum Gasteiger partial charge on any atom is -0.444 e. The fraction of sp³-hybridized carbons (Fsp3) is 0.812. The number of hydrogen-bond donors (Lipinski definition) is 2. The van der Waals surface area contributed by atoms with Crippen molar-refractivity contribution >= 4 is 14.4 Å². The Hall–Kier alpha value is -0.853. The number of aliphatic hydroxyl groups excluding tert-OH is 1. The highest BCUT2D eigenvalue weighted by Crippen LogP contribution is 2.36. The van der Waals surface area contributed by atoms with Gasteiger partial charge in [-0.05, 0) is 44.5 Å². The molecule has 0 spiro atoms. The molecule has 1 amide bonds. The fourth-order valence-corrected chi connectivity index (χ4v) is 2.35. The van der Waals surface area contributed by atoms with Crippen molar-refractivity contribution in [1.29, 1.82) is 0 Å². The molecule has 0 saturated heterocycles. The predicted octanol–water partition coefficient (Wildman–Crippen LogP) is 3.45. The van der Waals surface area contributed by atoms with E-state index in [0.717, 1.165) is 0 Å². The van der Waals surface area contributed by atoms with E-state index >= 15 is 0 Å². The number of amides is 1. The highest BCUT2D eigenvalue weighted by molar-refractivity contribution is 6.74. The Labute approximate surface area is 136 Å². The third-order valence-corrected chi connectivity index (χ3v) is 8.30. The smallest absolute Gasteiger partial charge is 0.408 e. The summed E-state index contributed by atoms with van der Waals surface area (Å²) in [7, 11) is -1.94. The van der Waals surface area contributed by atoms with Crippen LogP contribution in [0.4, 0.5) is 4.79 Å². The number of alkyl carbamates (subject to hydrolysis) is 1. The Balaban J connectivity index is 4.82. The molecule has 130 valence electrons. The van der Waals surface area contributed by atoms with Gasteiger partial charge in [0.05, 0.1) is 19.3 Å². The summed E-state index contributed by atoms with van der Waals surface area (Å²) in [4.78, 5) is 11.9. The molecular weight excluding hydrogens is 298 g/mol. The van der Waals surface area contributed by atoms with Crippen molar-refractivity contribution in [3.8, 4) is 0 Å². The number of hydrogen-bond acceptors (Lipinski definition) is 4. The molecule has 6 heteroatoms. The van der Waals surface area contributed by atoms with E-state index in [4.69, 9.17) is 9.16 Å². The van der Waals surface area contributed by atoms with Gasteiger partial charge in [0, 0.05) is 0 Å². The van der Waals surface area contributed by atoms with E-state index < -0.39 is 26.1 Å². The molecule has 0 saturated carbocycles. The van der Waals surface area contributed by atoms with Gasteiger partial charge in [0.1, 0.15) is 5.60 Å². The van der Waals surface area contributed by atoms with E-state index in [2.05, 4.69) is 45.8 Å². The number of rotatable bonds is 6. The molecule has 2 N–H and O–H groups in total. The summed E-state index contributed by atoms with van der Waals surface area (Å²) in [5, 5.41) is 12.1. The van der Waals surface area contributed by atoms with Crippen molar-refractivity contribution in [2.75, 3.05) is 13.2 Å². The molecule has 0 heterocycles. The third kappa shape index (κ3) is 7.42. The Morgan fingerprint density at radius 3 is 2.09 bits per heavy atom. The Bertz CT molecular complexity index is 394. The number of carbonyl (C=O) groups excluding carboxylic acids is 1. The van der Waals surface area contributed by atoms with Gasteiger partial charge in [-0.3, -0.25) is 0 Å². The number of nitrogens with one attached hydrogen (secondary N) is 1. The standard InChI is InChI=1S/C16H33NO4Si/c1-12(10-18)13(17-14(19)21-15(2,3)4)11-20-22(8,9)16(5,6)7/h13,18H,1,10-11H2,2-9H3,(H,17,19)/t13-/m1/s1. The number of ether oxygens (including phenoxy) is 1. The average Bonchev–Trinajstić information content (AvgIpc) is 2.29. The zero-order valence-corrected chi connectivity index (χ0v) is 16.4. The van der Waals surface area contributed by atoms with Gasteiger partial charge >= 0.3 is 6.09 Å². The maximum atomic E-state index is 11.9. The molecule has 0 aromatic heterocycles. The van der Waals surface area contributed by atoms with E-state index in [1.165, 1.54) is 0 Å². The summed E-state index contributed by atoms with van der Waals surface area (Å²) in [5.74, 6) is 0. The van der Waals surface area contributed by atoms with E-state index in [1.54, 1.807) is 20.8 Å². The lowest BCUT2D eigenvalue weighted by atomic mass is 10.1. The SMILES string of the molecule is C=C(CO)[C@@H](CO[Si](C)(C)C(C)(C)C)NC(=O)OC(C)(C)C. The van der Waals surface area contributed by atoms with Crippen LogP contribution >= 0.6 is 0 Å². The summed E-state index contributed by atoms with van der Waals surface area (Å²) in [6.07, 6.45) is -0.536. The second-order valence-corrected chi connectivity index (χ2v) is 12.9. The highest BCUT2D eigenvalue weighted by Gasteiger charge is 2.38. The van der Waals surface area contributed by atoms with Crippen LogP contribution < -0.4 is 5.32 Å². The van der Waals surface area contributed by atoms with E-state index in [9.17, 15) is 9.90 Å². The lowest BCUT2D eigenvalue weighted by molar-refractivity contribution is 0.0493. The van der Waals surface area contributed by atoms with Gasteiger partial charge in [0.2, 0.25) is 0 Å². The van der Waals surface area contributed by atoms with Gasteiger partial charge in [-0.25, -0.2) is 4.79 Å². The van der Waals surface area contributed by atoms with E-state index in [1.807, 2.05) is 0 Å². The molecule has 0 fully saturated rings. The molecular formula is C16H33NO4Si. The van der Waals surface area contributed by atoms with Crippen LogP contribution in [0.3, 0.4) is 0 Å². The van der Waals surface area contributed by atoms with Crippen LogP contribution in [0.25, 0.3) is 0 Å². The van der Waals surface area contributed by atoms with Crippen molar-refractivity contribution in [3.05, 3.63) is 12.2 Å². The molecule has 0 aliphatic heterocycles. The first-order valence-corrected chi connectivity index (χ1v) is 10.5. The minimum atomic E-state index is -1.94. The van der Waals surface area contributed by atoms with Crippen LogP contribution in [0.5, 0.6) is 0 Å². The molecule has 0 rings (SSSR count). The molecule has 0 aliphatic rings. The van der Waals surface area contributed by atoms with Crippen LogP contribution in [0.15, 0.2) is 12.2 Å². The Kier molecular flexibility index (Phi) is 7.32. The largest absolute Gasteiger partial charge is 0.444 e. The molecule has 1 atom stereocenters. The normalized spacial score (nSPS) is 14.4. The number of carbonyl (C=O) groups is 1. The van der Waals surface area contributed by atoms with Crippen LogP contribution in [-0.2, 0) is 9.16 Å². The van der Waals surface area contributed by atoms with Gasteiger partial charge in [-0.2, -0.15) is 0 Å². The maximum absolute atomic E-state index is 11.9. The van der Waals surface area contributed by atoms with Crippen LogP contribution in [0.2, 0.25) is 18.1 Å². The zero-order chi connectivity index (χ0) is 17.8. The molecule has 0 unspecified atom stereocenters. The molecule has 5 nitrogen and oxygen atoms in total. The molecule has 22 heavy (non-hydrogen) atoms. The average molecular weight is 332 g/mol. The maximum Gasteiger partial charge on any atom is 0.408 e. The predicted molar refractivity (Wildman–Crippen MR) is 92.5 cm³/mol. The van der Waals surface area contributed by atoms with Crippen LogP contribution in [0.1, 0.15) is 41.5 Å². The number of aliphatic hydroxyl groups is 1. The monoisotopic (exact) mass is 331 g/mol. The molecule has 0 aromatic carbocycles. The first kappa shape index (κ1) is 21.1. The third-order valence-electron chi connectivity index (χ3n) is 3.80. The fourth-order valence-electron chi connectivity index (χ4n) is 1.33. The first-order chi connectivity index (χ1) is 9.69. The topological polar surface area (TPSA) is 67.8 Å². The van der Waals surface area contributed by atoms with E-state index in [-0.39, 0.29) is 18.3 Å². The molecule has 0 aliphatic carbocycles. The van der Waals surface area contributed by atoms with Crippen LogP contribution in [-0.4, -0.2) is 44.4 Å². The molecule has 0 bridgehead atoms. The van der Waals surface area contributed by atoms with Crippen molar-refractivity contribution in [1.82, 2.24) is 5.32 Å². The summed E-state index contributed by atoms with van der Waals surface area (Å²) in [5.41, 5.74) is -0.0697. The lowest BCUT2D eigenvalue weighted by Gasteiger charge is -2.37. The van der Waals surface area contributed by atoms with Crippen molar-refractivity contribution in [2.24, 2.45) is 0 Å². The Morgan fingerprint density at radius 2 is 1.73 bits per heavy atom.